The van der Waals surface area contributed by atoms with Gasteiger partial charge >= 0.3 is 0 Å². The molecule has 0 aromatic heterocycles. The van der Waals surface area contributed by atoms with Gasteiger partial charge in [0.25, 0.3) is 0 Å². The maximum absolute atomic E-state index is 5.64. The van der Waals surface area contributed by atoms with E-state index in [1.807, 2.05) is 42.5 Å². The number of para-hydroxylation sites is 1. The SMILES string of the molecule is Cc1cccc2c1CNC(NCCOc1ccccc1)=N2.I. The second-order valence-corrected chi connectivity index (χ2v) is 4.97. The van der Waals surface area contributed by atoms with Crippen molar-refractivity contribution in [3.63, 3.8) is 0 Å². The zero-order valence-corrected chi connectivity index (χ0v) is 14.8. The number of nitrogens with one attached hydrogen (secondary N) is 2. The van der Waals surface area contributed by atoms with Crippen LogP contribution < -0.4 is 15.4 Å². The van der Waals surface area contributed by atoms with Gasteiger partial charge in [0, 0.05) is 6.54 Å². The fourth-order valence-electron chi connectivity index (χ4n) is 2.31. The average molecular weight is 409 g/mol. The molecule has 1 aliphatic heterocycles. The Morgan fingerprint density at radius 3 is 2.77 bits per heavy atom. The molecule has 0 aliphatic carbocycles. The lowest BCUT2D eigenvalue weighted by Crippen LogP contribution is -2.40. The molecule has 0 atom stereocenters. The zero-order chi connectivity index (χ0) is 14.5. The quantitative estimate of drug-likeness (QED) is 0.602. The number of nitrogens with zero attached hydrogens (tertiary/aromatic N) is 1. The van der Waals surface area contributed by atoms with Crippen LogP contribution in [-0.4, -0.2) is 19.1 Å². The lowest BCUT2D eigenvalue weighted by Gasteiger charge is -2.20. The highest BCUT2D eigenvalue weighted by molar-refractivity contribution is 14.0. The third-order valence-corrected chi connectivity index (χ3v) is 3.46. The van der Waals surface area contributed by atoms with Crippen LogP contribution in [0.4, 0.5) is 5.69 Å². The molecule has 2 aromatic rings. The Morgan fingerprint density at radius 1 is 1.14 bits per heavy atom. The van der Waals surface area contributed by atoms with Crippen LogP contribution in [0.5, 0.6) is 5.75 Å². The summed E-state index contributed by atoms with van der Waals surface area (Å²) < 4.78 is 5.64. The van der Waals surface area contributed by atoms with Crippen molar-refractivity contribution in [1.82, 2.24) is 10.6 Å². The van der Waals surface area contributed by atoms with E-state index >= 15 is 0 Å². The summed E-state index contributed by atoms with van der Waals surface area (Å²) in [4.78, 5) is 4.59. The summed E-state index contributed by atoms with van der Waals surface area (Å²) in [6.45, 7) is 4.24. The fraction of sp³-hybridized carbons (Fsp3) is 0.235. The Bertz CT molecular complexity index is 644. The summed E-state index contributed by atoms with van der Waals surface area (Å²) in [5.74, 6) is 1.70. The smallest absolute Gasteiger partial charge is 0.196 e. The number of rotatable bonds is 4. The summed E-state index contributed by atoms with van der Waals surface area (Å²) in [6.07, 6.45) is 0. The molecule has 0 spiro atoms. The van der Waals surface area contributed by atoms with E-state index in [1.54, 1.807) is 0 Å². The number of fused-ring (bicyclic) bond motifs is 1. The number of aliphatic imine (C=N–C) groups is 1. The van der Waals surface area contributed by atoms with Crippen molar-refractivity contribution < 1.29 is 4.74 Å². The van der Waals surface area contributed by atoms with E-state index in [1.165, 1.54) is 11.1 Å². The largest absolute Gasteiger partial charge is 0.492 e. The van der Waals surface area contributed by atoms with Gasteiger partial charge in [0.15, 0.2) is 5.96 Å². The summed E-state index contributed by atoms with van der Waals surface area (Å²) >= 11 is 0. The number of hydrogen-bond donors (Lipinski definition) is 2. The van der Waals surface area contributed by atoms with E-state index in [4.69, 9.17) is 4.74 Å². The first-order chi connectivity index (χ1) is 10.3. The molecule has 22 heavy (non-hydrogen) atoms. The maximum atomic E-state index is 5.64. The van der Waals surface area contributed by atoms with Crippen molar-refractivity contribution >= 4 is 35.6 Å². The number of ether oxygens (including phenoxy) is 1. The van der Waals surface area contributed by atoms with E-state index < -0.39 is 0 Å². The molecule has 0 radical (unpaired) electrons. The lowest BCUT2D eigenvalue weighted by molar-refractivity contribution is 0.322. The molecule has 0 saturated heterocycles. The molecule has 0 amide bonds. The van der Waals surface area contributed by atoms with Crippen LogP contribution in [0.15, 0.2) is 53.5 Å². The van der Waals surface area contributed by atoms with Crippen LogP contribution >= 0.6 is 24.0 Å². The molecule has 1 aliphatic rings. The van der Waals surface area contributed by atoms with Crippen molar-refractivity contribution in [3.8, 4) is 5.75 Å². The standard InChI is InChI=1S/C17H19N3O.HI/c1-13-6-5-9-16-15(13)12-19-17(20-16)18-10-11-21-14-7-3-2-4-8-14;/h2-9H,10-12H2,1H3,(H2,18,19,20);1H. The minimum atomic E-state index is 0. The summed E-state index contributed by atoms with van der Waals surface area (Å²) in [7, 11) is 0. The predicted octanol–water partition coefficient (Wildman–Crippen LogP) is 3.37. The van der Waals surface area contributed by atoms with Crippen LogP contribution in [-0.2, 0) is 6.54 Å². The van der Waals surface area contributed by atoms with Gasteiger partial charge in [-0.15, -0.1) is 24.0 Å². The Hall–Kier alpha value is -1.76. The van der Waals surface area contributed by atoms with Gasteiger partial charge in [0.1, 0.15) is 12.4 Å². The normalized spacial score (nSPS) is 12.3. The van der Waals surface area contributed by atoms with Gasteiger partial charge in [-0.3, -0.25) is 0 Å². The van der Waals surface area contributed by atoms with Gasteiger partial charge in [0.05, 0.1) is 12.2 Å². The summed E-state index contributed by atoms with van der Waals surface area (Å²) in [5.41, 5.74) is 3.58. The minimum absolute atomic E-state index is 0. The van der Waals surface area contributed by atoms with Crippen molar-refractivity contribution in [1.29, 1.82) is 0 Å². The van der Waals surface area contributed by atoms with Gasteiger partial charge in [-0.1, -0.05) is 30.3 Å². The molecule has 2 N–H and O–H groups in total. The second kappa shape index (κ2) is 8.03. The number of benzene rings is 2. The van der Waals surface area contributed by atoms with Crippen LogP contribution in [0.25, 0.3) is 0 Å². The third kappa shape index (κ3) is 4.13. The van der Waals surface area contributed by atoms with E-state index in [0.717, 1.165) is 23.9 Å². The molecule has 1 heterocycles. The molecular formula is C17H20IN3O. The van der Waals surface area contributed by atoms with E-state index in [-0.39, 0.29) is 24.0 Å². The van der Waals surface area contributed by atoms with Gasteiger partial charge in [-0.25, -0.2) is 4.99 Å². The lowest BCUT2D eigenvalue weighted by atomic mass is 10.1. The van der Waals surface area contributed by atoms with Crippen LogP contribution in [0.1, 0.15) is 11.1 Å². The number of hydrogen-bond acceptors (Lipinski definition) is 4. The molecule has 4 nitrogen and oxygen atoms in total. The van der Waals surface area contributed by atoms with Crippen molar-refractivity contribution in [3.05, 3.63) is 59.7 Å². The predicted molar refractivity (Wildman–Crippen MR) is 100 cm³/mol. The van der Waals surface area contributed by atoms with Crippen LogP contribution in [0, 0.1) is 6.92 Å². The zero-order valence-electron chi connectivity index (χ0n) is 12.5. The Morgan fingerprint density at radius 2 is 1.95 bits per heavy atom. The topological polar surface area (TPSA) is 45.6 Å². The molecule has 116 valence electrons. The number of guanidine groups is 1. The monoisotopic (exact) mass is 409 g/mol. The highest BCUT2D eigenvalue weighted by Crippen LogP contribution is 2.24. The first-order valence-corrected chi connectivity index (χ1v) is 7.16. The van der Waals surface area contributed by atoms with Gasteiger partial charge in [-0.2, -0.15) is 0 Å². The molecule has 3 rings (SSSR count). The Kier molecular flexibility index (Phi) is 6.06. The van der Waals surface area contributed by atoms with Crippen molar-refractivity contribution in [2.45, 2.75) is 13.5 Å². The minimum Gasteiger partial charge on any atom is -0.492 e. The third-order valence-electron chi connectivity index (χ3n) is 3.46. The molecule has 5 heteroatoms. The van der Waals surface area contributed by atoms with Gasteiger partial charge < -0.3 is 15.4 Å². The second-order valence-electron chi connectivity index (χ2n) is 4.97. The highest BCUT2D eigenvalue weighted by Gasteiger charge is 2.12. The Balaban J connectivity index is 0.00000176. The molecule has 0 unspecified atom stereocenters. The van der Waals surface area contributed by atoms with Crippen molar-refractivity contribution in [2.24, 2.45) is 4.99 Å². The molecule has 0 bridgehead atoms. The maximum Gasteiger partial charge on any atom is 0.196 e. The molecule has 0 saturated carbocycles. The number of halogens is 1. The highest BCUT2D eigenvalue weighted by atomic mass is 127. The summed E-state index contributed by atoms with van der Waals surface area (Å²) in [6, 6.07) is 16.0. The van der Waals surface area contributed by atoms with E-state index in [9.17, 15) is 0 Å². The average Bonchev–Trinajstić information content (AvgIpc) is 2.53. The Labute approximate surface area is 148 Å². The van der Waals surface area contributed by atoms with E-state index in [2.05, 4.69) is 28.6 Å². The van der Waals surface area contributed by atoms with Crippen LogP contribution in [0.2, 0.25) is 0 Å². The van der Waals surface area contributed by atoms with Gasteiger partial charge in [-0.05, 0) is 36.2 Å². The van der Waals surface area contributed by atoms with Crippen LogP contribution in [0.3, 0.4) is 0 Å². The first-order valence-electron chi connectivity index (χ1n) is 7.16. The molecular weight excluding hydrogens is 389 g/mol. The van der Waals surface area contributed by atoms with Gasteiger partial charge in [0.2, 0.25) is 0 Å². The summed E-state index contributed by atoms with van der Waals surface area (Å²) in [5, 5.41) is 6.56. The first kappa shape index (κ1) is 16.6. The van der Waals surface area contributed by atoms with E-state index in [0.29, 0.717) is 13.2 Å². The fourth-order valence-corrected chi connectivity index (χ4v) is 2.31. The van der Waals surface area contributed by atoms with Crippen molar-refractivity contribution in [2.75, 3.05) is 13.2 Å². The molecule has 2 aromatic carbocycles. The number of aryl methyl sites for hydroxylation is 1. The molecule has 0 fully saturated rings.